The van der Waals surface area contributed by atoms with Crippen molar-refractivity contribution in [1.82, 2.24) is 9.88 Å². The second-order valence-corrected chi connectivity index (χ2v) is 8.65. The number of oxazole rings is 1. The van der Waals surface area contributed by atoms with Gasteiger partial charge in [-0.3, -0.25) is 4.90 Å². The molecule has 146 valence electrons. The predicted octanol–water partition coefficient (Wildman–Crippen LogP) is 5.59. The Bertz CT molecular complexity index is 981. The van der Waals surface area contributed by atoms with Crippen LogP contribution in [-0.2, 0) is 0 Å². The molecule has 2 aliphatic rings. The van der Waals surface area contributed by atoms with Gasteiger partial charge >= 0.3 is 0 Å². The first kappa shape index (κ1) is 18.3. The Morgan fingerprint density at radius 2 is 1.79 bits per heavy atom. The Morgan fingerprint density at radius 3 is 2.61 bits per heavy atom. The van der Waals surface area contributed by atoms with Gasteiger partial charge in [0.15, 0.2) is 11.5 Å². The molecule has 1 aromatic heterocycles. The minimum absolute atomic E-state index is 0.401. The van der Waals surface area contributed by atoms with E-state index in [0.29, 0.717) is 17.0 Å². The van der Waals surface area contributed by atoms with Crippen LogP contribution >= 0.6 is 23.2 Å². The highest BCUT2D eigenvalue weighted by atomic mass is 35.5. The van der Waals surface area contributed by atoms with E-state index in [2.05, 4.69) is 21.9 Å². The van der Waals surface area contributed by atoms with E-state index in [1.165, 1.54) is 6.42 Å². The van der Waals surface area contributed by atoms with Crippen molar-refractivity contribution in [2.45, 2.75) is 31.2 Å². The fraction of sp³-hybridized carbons (Fsp3) is 0.409. The Labute approximate surface area is 175 Å². The van der Waals surface area contributed by atoms with E-state index in [9.17, 15) is 0 Å². The third-order valence-electron chi connectivity index (χ3n) is 6.14. The lowest BCUT2D eigenvalue weighted by Crippen LogP contribution is -2.49. The normalized spacial score (nSPS) is 23.6. The molecule has 6 heteroatoms. The van der Waals surface area contributed by atoms with Gasteiger partial charge in [-0.1, -0.05) is 35.3 Å². The fourth-order valence-electron chi connectivity index (χ4n) is 4.64. The summed E-state index contributed by atoms with van der Waals surface area (Å²) >= 11 is 12.4. The van der Waals surface area contributed by atoms with Gasteiger partial charge in [0.1, 0.15) is 5.52 Å². The van der Waals surface area contributed by atoms with Crippen LogP contribution in [0.3, 0.4) is 0 Å². The summed E-state index contributed by atoms with van der Waals surface area (Å²) in [6.07, 6.45) is 3.46. The average molecular weight is 416 g/mol. The summed E-state index contributed by atoms with van der Waals surface area (Å²) in [6.45, 7) is 4.19. The number of piperazine rings is 1. The van der Waals surface area contributed by atoms with Crippen LogP contribution in [0.4, 0.5) is 5.69 Å². The molecule has 28 heavy (non-hydrogen) atoms. The molecule has 2 unspecified atom stereocenters. The number of rotatable bonds is 3. The van der Waals surface area contributed by atoms with E-state index in [0.717, 1.165) is 66.7 Å². The van der Waals surface area contributed by atoms with E-state index in [1.807, 2.05) is 30.3 Å². The van der Waals surface area contributed by atoms with Crippen LogP contribution in [0.25, 0.3) is 11.1 Å². The molecule has 0 radical (unpaired) electrons. The van der Waals surface area contributed by atoms with Crippen LogP contribution in [0, 0.1) is 0 Å². The first-order valence-electron chi connectivity index (χ1n) is 9.97. The molecular weight excluding hydrogens is 393 g/mol. The second-order valence-electron chi connectivity index (χ2n) is 7.80. The molecule has 1 aliphatic heterocycles. The van der Waals surface area contributed by atoms with E-state index < -0.39 is 0 Å². The van der Waals surface area contributed by atoms with Crippen molar-refractivity contribution in [3.63, 3.8) is 0 Å². The minimum atomic E-state index is 0.401. The number of nitrogens with zero attached hydrogens (tertiary/aromatic N) is 3. The Morgan fingerprint density at radius 1 is 0.964 bits per heavy atom. The van der Waals surface area contributed by atoms with Crippen LogP contribution in [0.2, 0.25) is 10.0 Å². The maximum absolute atomic E-state index is 6.37. The van der Waals surface area contributed by atoms with Gasteiger partial charge in [-0.25, -0.2) is 4.98 Å². The summed E-state index contributed by atoms with van der Waals surface area (Å²) < 4.78 is 6.02. The lowest BCUT2D eigenvalue weighted by atomic mass is 10.1. The molecular formula is C22H23Cl2N3O. The minimum Gasteiger partial charge on any atom is -0.440 e. The predicted molar refractivity (Wildman–Crippen MR) is 115 cm³/mol. The lowest BCUT2D eigenvalue weighted by Gasteiger charge is -2.39. The van der Waals surface area contributed by atoms with Crippen molar-refractivity contribution in [3.05, 3.63) is 58.4 Å². The molecule has 4 nitrogen and oxygen atoms in total. The van der Waals surface area contributed by atoms with Crippen LogP contribution in [0.1, 0.15) is 31.1 Å². The van der Waals surface area contributed by atoms with E-state index in [-0.39, 0.29) is 0 Å². The lowest BCUT2D eigenvalue weighted by molar-refractivity contribution is 0.185. The third kappa shape index (κ3) is 3.49. The van der Waals surface area contributed by atoms with Crippen molar-refractivity contribution >= 4 is 40.0 Å². The summed E-state index contributed by atoms with van der Waals surface area (Å²) in [5.74, 6) is 1.27. The molecule has 1 saturated carbocycles. The molecule has 2 fully saturated rings. The molecule has 2 aromatic carbocycles. The Hall–Kier alpha value is -1.75. The standard InChI is InChI=1S/C22H23Cl2N3O/c23-16-6-8-21-19(14-16)25-22(28-21)15-5-7-17(13-15)26-9-11-27(12-10-26)20-4-2-1-3-18(20)24/h1-4,6,8,14-15,17H,5,7,9-13H2. The molecule has 3 aromatic rings. The smallest absolute Gasteiger partial charge is 0.198 e. The first-order valence-corrected chi connectivity index (χ1v) is 10.7. The van der Waals surface area contributed by atoms with Gasteiger partial charge in [0.25, 0.3) is 0 Å². The average Bonchev–Trinajstić information content (AvgIpc) is 3.35. The van der Waals surface area contributed by atoms with Gasteiger partial charge in [-0.05, 0) is 49.6 Å². The number of benzene rings is 2. The Kier molecular flexibility index (Phi) is 4.95. The zero-order valence-corrected chi connectivity index (χ0v) is 17.2. The molecule has 0 N–H and O–H groups in total. The summed E-state index contributed by atoms with van der Waals surface area (Å²) in [7, 11) is 0. The maximum atomic E-state index is 6.37. The molecule has 2 atom stereocenters. The quantitative estimate of drug-likeness (QED) is 0.557. The number of para-hydroxylation sites is 1. The summed E-state index contributed by atoms with van der Waals surface area (Å²) in [4.78, 5) is 9.73. The van der Waals surface area contributed by atoms with Gasteiger partial charge < -0.3 is 9.32 Å². The molecule has 2 heterocycles. The number of hydrogen-bond donors (Lipinski definition) is 0. The fourth-order valence-corrected chi connectivity index (χ4v) is 5.06. The molecule has 5 rings (SSSR count). The van der Waals surface area contributed by atoms with Crippen molar-refractivity contribution in [2.24, 2.45) is 0 Å². The van der Waals surface area contributed by atoms with Crippen LogP contribution in [0.5, 0.6) is 0 Å². The zero-order valence-electron chi connectivity index (χ0n) is 15.7. The third-order valence-corrected chi connectivity index (χ3v) is 6.70. The maximum Gasteiger partial charge on any atom is 0.198 e. The van der Waals surface area contributed by atoms with Gasteiger partial charge in [-0.15, -0.1) is 0 Å². The molecule has 1 saturated heterocycles. The summed E-state index contributed by atoms with van der Waals surface area (Å²) in [5.41, 5.74) is 2.84. The van der Waals surface area contributed by atoms with E-state index in [1.54, 1.807) is 0 Å². The van der Waals surface area contributed by atoms with Crippen molar-refractivity contribution < 1.29 is 4.42 Å². The van der Waals surface area contributed by atoms with Crippen LogP contribution in [0.15, 0.2) is 46.9 Å². The molecule has 0 bridgehead atoms. The van der Waals surface area contributed by atoms with Crippen molar-refractivity contribution in [2.75, 3.05) is 31.1 Å². The van der Waals surface area contributed by atoms with E-state index >= 15 is 0 Å². The number of anilines is 1. The number of hydrogen-bond acceptors (Lipinski definition) is 4. The van der Waals surface area contributed by atoms with Crippen LogP contribution in [-0.4, -0.2) is 42.1 Å². The summed E-state index contributed by atoms with van der Waals surface area (Å²) in [5, 5.41) is 1.54. The second kappa shape index (κ2) is 7.58. The van der Waals surface area contributed by atoms with Gasteiger partial charge in [-0.2, -0.15) is 0 Å². The number of aromatic nitrogens is 1. The van der Waals surface area contributed by atoms with E-state index in [4.69, 9.17) is 32.6 Å². The molecule has 0 spiro atoms. The zero-order chi connectivity index (χ0) is 19.1. The highest BCUT2D eigenvalue weighted by Crippen LogP contribution is 2.38. The highest BCUT2D eigenvalue weighted by molar-refractivity contribution is 6.33. The largest absolute Gasteiger partial charge is 0.440 e. The van der Waals surface area contributed by atoms with Gasteiger partial charge in [0.05, 0.1) is 10.7 Å². The molecule has 0 amide bonds. The van der Waals surface area contributed by atoms with Crippen molar-refractivity contribution in [1.29, 1.82) is 0 Å². The number of fused-ring (bicyclic) bond motifs is 1. The highest BCUT2D eigenvalue weighted by Gasteiger charge is 2.34. The topological polar surface area (TPSA) is 32.5 Å². The summed E-state index contributed by atoms with van der Waals surface area (Å²) in [6, 6.07) is 14.4. The SMILES string of the molecule is Clc1ccc2oc(C3CCC(N4CCN(c5ccccc5Cl)CC4)C3)nc2c1. The van der Waals surface area contributed by atoms with Gasteiger partial charge in [0, 0.05) is 43.2 Å². The number of halogens is 2. The van der Waals surface area contributed by atoms with Gasteiger partial charge in [0.2, 0.25) is 0 Å². The monoisotopic (exact) mass is 415 g/mol. The molecule has 1 aliphatic carbocycles. The first-order chi connectivity index (χ1) is 13.7. The van der Waals surface area contributed by atoms with Crippen LogP contribution < -0.4 is 4.90 Å². The van der Waals surface area contributed by atoms with Crippen molar-refractivity contribution in [3.8, 4) is 0 Å². The Balaban J connectivity index is 1.22.